The third-order valence-corrected chi connectivity index (χ3v) is 3.19. The minimum absolute atomic E-state index is 0.0487. The lowest BCUT2D eigenvalue weighted by atomic mass is 10.2. The van der Waals surface area contributed by atoms with Gasteiger partial charge in [-0.3, -0.25) is 4.79 Å². The van der Waals surface area contributed by atoms with Crippen LogP contribution in [0.15, 0.2) is 42.7 Å². The summed E-state index contributed by atoms with van der Waals surface area (Å²) in [5.41, 5.74) is 0. The van der Waals surface area contributed by atoms with Gasteiger partial charge in [-0.2, -0.15) is 0 Å². The summed E-state index contributed by atoms with van der Waals surface area (Å²) >= 11 is 0. The highest BCUT2D eigenvalue weighted by Crippen LogP contribution is 2.31. The molecule has 0 N–H and O–H groups in total. The molecule has 0 saturated carbocycles. The SMILES string of the molecule is COc1ccc(OC(=O)CC(C)n2cccc2)cc1OC. The summed E-state index contributed by atoms with van der Waals surface area (Å²) in [7, 11) is 3.10. The van der Waals surface area contributed by atoms with Crippen molar-refractivity contribution >= 4 is 5.97 Å². The number of carbonyl (C=O) groups is 1. The van der Waals surface area contributed by atoms with Crippen molar-refractivity contribution in [2.75, 3.05) is 14.2 Å². The van der Waals surface area contributed by atoms with Gasteiger partial charge in [-0.15, -0.1) is 0 Å². The normalized spacial score (nSPS) is 11.8. The smallest absolute Gasteiger partial charge is 0.313 e. The Bertz CT molecular complexity index is 592. The van der Waals surface area contributed by atoms with Gasteiger partial charge >= 0.3 is 5.97 Å². The van der Waals surface area contributed by atoms with Crippen LogP contribution in [0.1, 0.15) is 19.4 Å². The molecule has 0 aliphatic rings. The van der Waals surface area contributed by atoms with E-state index >= 15 is 0 Å². The Balaban J connectivity index is 1.99. The number of esters is 1. The Hall–Kier alpha value is -2.43. The topological polar surface area (TPSA) is 49.7 Å². The zero-order valence-electron chi connectivity index (χ0n) is 12.4. The zero-order valence-corrected chi connectivity index (χ0v) is 12.4. The van der Waals surface area contributed by atoms with Crippen molar-refractivity contribution in [2.45, 2.75) is 19.4 Å². The van der Waals surface area contributed by atoms with Crippen molar-refractivity contribution in [1.82, 2.24) is 4.57 Å². The van der Waals surface area contributed by atoms with Gasteiger partial charge in [0.1, 0.15) is 5.75 Å². The first kappa shape index (κ1) is 15.0. The molecule has 2 rings (SSSR count). The van der Waals surface area contributed by atoms with Crippen molar-refractivity contribution in [3.63, 3.8) is 0 Å². The molecule has 5 nitrogen and oxygen atoms in total. The molecule has 1 heterocycles. The van der Waals surface area contributed by atoms with Crippen molar-refractivity contribution < 1.29 is 19.0 Å². The van der Waals surface area contributed by atoms with Gasteiger partial charge in [0.2, 0.25) is 0 Å². The zero-order chi connectivity index (χ0) is 15.2. The van der Waals surface area contributed by atoms with E-state index in [-0.39, 0.29) is 12.0 Å². The second kappa shape index (κ2) is 6.83. The van der Waals surface area contributed by atoms with Crippen molar-refractivity contribution in [3.8, 4) is 17.2 Å². The minimum atomic E-state index is -0.289. The average Bonchev–Trinajstić information content (AvgIpc) is 3.01. The highest BCUT2D eigenvalue weighted by atomic mass is 16.5. The van der Waals surface area contributed by atoms with Gasteiger partial charge in [0.05, 0.1) is 20.6 Å². The number of ether oxygens (including phenoxy) is 3. The summed E-state index contributed by atoms with van der Waals surface area (Å²) in [6.07, 6.45) is 4.14. The monoisotopic (exact) mass is 289 g/mol. The summed E-state index contributed by atoms with van der Waals surface area (Å²) in [6, 6.07) is 8.92. The Labute approximate surface area is 124 Å². The molecule has 0 aliphatic carbocycles. The predicted octanol–water partition coefficient (Wildman–Crippen LogP) is 3.06. The number of methoxy groups -OCH3 is 2. The van der Waals surface area contributed by atoms with Crippen LogP contribution in [0.2, 0.25) is 0 Å². The second-order valence-electron chi connectivity index (χ2n) is 4.67. The van der Waals surface area contributed by atoms with Crippen LogP contribution in [-0.4, -0.2) is 24.8 Å². The first-order valence-electron chi connectivity index (χ1n) is 6.69. The molecular formula is C16H19NO4. The molecule has 1 aromatic carbocycles. The second-order valence-corrected chi connectivity index (χ2v) is 4.67. The maximum atomic E-state index is 12.0. The molecule has 0 saturated heterocycles. The average molecular weight is 289 g/mol. The summed E-state index contributed by atoms with van der Waals surface area (Å²) < 4.78 is 17.6. The van der Waals surface area contributed by atoms with Gasteiger partial charge in [-0.1, -0.05) is 0 Å². The highest BCUT2D eigenvalue weighted by molar-refractivity contribution is 5.73. The molecule has 1 aromatic heterocycles. The molecule has 112 valence electrons. The number of aromatic nitrogens is 1. The third-order valence-electron chi connectivity index (χ3n) is 3.19. The number of carbonyl (C=O) groups excluding carboxylic acids is 1. The van der Waals surface area contributed by atoms with Crippen molar-refractivity contribution in [3.05, 3.63) is 42.7 Å². The van der Waals surface area contributed by atoms with Crippen LogP contribution >= 0.6 is 0 Å². The van der Waals surface area contributed by atoms with Gasteiger partial charge in [-0.05, 0) is 31.2 Å². The molecule has 0 radical (unpaired) electrons. The third kappa shape index (κ3) is 3.78. The van der Waals surface area contributed by atoms with E-state index in [1.54, 1.807) is 25.3 Å². The Morgan fingerprint density at radius 2 is 1.81 bits per heavy atom. The van der Waals surface area contributed by atoms with E-state index in [1.165, 1.54) is 7.11 Å². The standard InChI is InChI=1S/C16H19NO4/c1-12(17-8-4-5-9-17)10-16(18)21-13-6-7-14(19-2)15(11-13)20-3/h4-9,11-12H,10H2,1-3H3. The number of nitrogens with zero attached hydrogens (tertiary/aromatic N) is 1. The molecule has 1 atom stereocenters. The van der Waals surface area contributed by atoms with Crippen LogP contribution in [0.3, 0.4) is 0 Å². The maximum absolute atomic E-state index is 12.0. The largest absolute Gasteiger partial charge is 0.493 e. The van der Waals surface area contributed by atoms with E-state index in [1.807, 2.05) is 36.0 Å². The lowest BCUT2D eigenvalue weighted by Crippen LogP contribution is -2.14. The fourth-order valence-electron chi connectivity index (χ4n) is 2.04. The van der Waals surface area contributed by atoms with E-state index in [2.05, 4.69) is 0 Å². The highest BCUT2D eigenvalue weighted by Gasteiger charge is 2.13. The van der Waals surface area contributed by atoms with Gasteiger partial charge in [0.25, 0.3) is 0 Å². The molecule has 0 amide bonds. The van der Waals surface area contributed by atoms with Crippen molar-refractivity contribution in [2.24, 2.45) is 0 Å². The van der Waals surface area contributed by atoms with Crippen LogP contribution in [0.5, 0.6) is 17.2 Å². The number of rotatable bonds is 6. The van der Waals surface area contributed by atoms with Crippen LogP contribution in [0, 0.1) is 0 Å². The molecular weight excluding hydrogens is 270 g/mol. The summed E-state index contributed by atoms with van der Waals surface area (Å²) in [5, 5.41) is 0. The summed E-state index contributed by atoms with van der Waals surface area (Å²) in [5.74, 6) is 1.28. The van der Waals surface area contributed by atoms with Crippen molar-refractivity contribution in [1.29, 1.82) is 0 Å². The van der Waals surface area contributed by atoms with Crippen LogP contribution < -0.4 is 14.2 Å². The van der Waals surface area contributed by atoms with Gasteiger partial charge in [0.15, 0.2) is 11.5 Å². The minimum Gasteiger partial charge on any atom is -0.493 e. The molecule has 21 heavy (non-hydrogen) atoms. The fraction of sp³-hybridized carbons (Fsp3) is 0.312. The summed E-state index contributed by atoms with van der Waals surface area (Å²) in [4.78, 5) is 12.0. The van der Waals surface area contributed by atoms with E-state index in [0.717, 1.165) is 0 Å². The molecule has 2 aromatic rings. The van der Waals surface area contributed by atoms with Crippen LogP contribution in [0.25, 0.3) is 0 Å². The lowest BCUT2D eigenvalue weighted by Gasteiger charge is -2.13. The van der Waals surface area contributed by atoms with Gasteiger partial charge < -0.3 is 18.8 Å². The van der Waals surface area contributed by atoms with E-state index in [4.69, 9.17) is 14.2 Å². The number of hydrogen-bond acceptors (Lipinski definition) is 4. The fourth-order valence-corrected chi connectivity index (χ4v) is 2.04. The van der Waals surface area contributed by atoms with E-state index in [9.17, 15) is 4.79 Å². The predicted molar refractivity (Wildman–Crippen MR) is 78.9 cm³/mol. The maximum Gasteiger partial charge on any atom is 0.313 e. The van der Waals surface area contributed by atoms with Gasteiger partial charge in [-0.25, -0.2) is 0 Å². The molecule has 1 unspecified atom stereocenters. The van der Waals surface area contributed by atoms with Gasteiger partial charge in [0, 0.05) is 24.5 Å². The quantitative estimate of drug-likeness (QED) is 0.606. The molecule has 0 bridgehead atoms. The van der Waals surface area contributed by atoms with E-state index in [0.29, 0.717) is 23.7 Å². The first-order valence-corrected chi connectivity index (χ1v) is 6.69. The number of benzene rings is 1. The lowest BCUT2D eigenvalue weighted by molar-refractivity contribution is -0.135. The Kier molecular flexibility index (Phi) is 4.87. The molecule has 0 aliphatic heterocycles. The summed E-state index contributed by atoms with van der Waals surface area (Å²) in [6.45, 7) is 1.97. The number of hydrogen-bond donors (Lipinski definition) is 0. The van der Waals surface area contributed by atoms with Crippen LogP contribution in [0.4, 0.5) is 0 Å². The molecule has 0 spiro atoms. The Morgan fingerprint density at radius 1 is 1.14 bits per heavy atom. The van der Waals surface area contributed by atoms with E-state index < -0.39 is 0 Å². The van der Waals surface area contributed by atoms with Crippen LogP contribution in [-0.2, 0) is 4.79 Å². The molecule has 5 heteroatoms. The molecule has 0 fully saturated rings. The Morgan fingerprint density at radius 3 is 2.43 bits per heavy atom. The first-order chi connectivity index (χ1) is 10.1.